The minimum atomic E-state index is -0.142. The fourth-order valence-electron chi connectivity index (χ4n) is 3.34. The Morgan fingerprint density at radius 1 is 1.17 bits per heavy atom. The maximum atomic E-state index is 13.1. The van der Waals surface area contributed by atoms with Crippen LogP contribution < -0.4 is 5.32 Å². The Bertz CT molecular complexity index is 1070. The monoisotopic (exact) mass is 420 g/mol. The molecule has 1 amide bonds. The summed E-state index contributed by atoms with van der Waals surface area (Å²) in [5, 5.41) is 9.77. The molecule has 4 rings (SSSR count). The van der Waals surface area contributed by atoms with Crippen molar-refractivity contribution in [3.63, 3.8) is 0 Å². The van der Waals surface area contributed by atoms with Crippen molar-refractivity contribution in [2.45, 2.75) is 12.6 Å². The molecule has 1 atom stereocenters. The van der Waals surface area contributed by atoms with E-state index in [9.17, 15) is 4.79 Å². The average molecular weight is 421 g/mol. The van der Waals surface area contributed by atoms with E-state index in [1.54, 1.807) is 17.6 Å². The molecule has 0 aliphatic carbocycles. The fourth-order valence-corrected chi connectivity index (χ4v) is 4.06. The van der Waals surface area contributed by atoms with Crippen molar-refractivity contribution in [3.05, 3.63) is 89.3 Å². The smallest absolute Gasteiger partial charge is 0.255 e. The summed E-state index contributed by atoms with van der Waals surface area (Å²) in [4.78, 5) is 16.1. The van der Waals surface area contributed by atoms with Crippen LogP contribution in [0.3, 0.4) is 0 Å². The summed E-state index contributed by atoms with van der Waals surface area (Å²) in [6.07, 6.45) is 3.48. The fraction of sp³-hybridized carbons (Fsp3) is 0.217. The quantitative estimate of drug-likeness (QED) is 0.462. The van der Waals surface area contributed by atoms with Gasteiger partial charge in [-0.2, -0.15) is 5.10 Å². The Balaban J connectivity index is 1.56. The largest absolute Gasteiger partial charge is 0.468 e. The zero-order chi connectivity index (χ0) is 20.9. The third-order valence-electron chi connectivity index (χ3n) is 4.90. The molecule has 0 spiro atoms. The predicted octanol–water partition coefficient (Wildman–Crippen LogP) is 4.29. The molecule has 7 heteroatoms. The molecule has 0 bridgehead atoms. The van der Waals surface area contributed by atoms with Crippen molar-refractivity contribution < 1.29 is 9.21 Å². The lowest BCUT2D eigenvalue weighted by atomic mass is 10.1. The number of amides is 1. The van der Waals surface area contributed by atoms with E-state index >= 15 is 0 Å². The number of hydrogen-bond donors (Lipinski definition) is 1. The third kappa shape index (κ3) is 4.53. The van der Waals surface area contributed by atoms with E-state index in [2.05, 4.69) is 17.4 Å². The molecular formula is C23H24N4O2S. The summed E-state index contributed by atoms with van der Waals surface area (Å²) >= 11 is 1.58. The number of carbonyl (C=O) groups excluding carboxylic acids is 1. The van der Waals surface area contributed by atoms with Gasteiger partial charge in [-0.05, 0) is 43.2 Å². The van der Waals surface area contributed by atoms with E-state index in [0.717, 1.165) is 16.2 Å². The third-order valence-corrected chi connectivity index (χ3v) is 5.78. The lowest BCUT2D eigenvalue weighted by Crippen LogP contribution is -2.34. The first-order valence-electron chi connectivity index (χ1n) is 9.75. The van der Waals surface area contributed by atoms with Gasteiger partial charge in [-0.1, -0.05) is 36.4 Å². The summed E-state index contributed by atoms with van der Waals surface area (Å²) in [5.41, 5.74) is 2.42. The van der Waals surface area contributed by atoms with Gasteiger partial charge in [0.1, 0.15) is 11.5 Å². The van der Waals surface area contributed by atoms with Gasteiger partial charge in [0, 0.05) is 12.7 Å². The summed E-state index contributed by atoms with van der Waals surface area (Å²) in [7, 11) is 3.93. The first-order valence-corrected chi connectivity index (χ1v) is 10.6. The molecule has 3 aromatic heterocycles. The van der Waals surface area contributed by atoms with E-state index < -0.39 is 0 Å². The molecule has 0 aliphatic rings. The van der Waals surface area contributed by atoms with Crippen molar-refractivity contribution >= 4 is 17.2 Å². The van der Waals surface area contributed by atoms with Gasteiger partial charge >= 0.3 is 0 Å². The highest BCUT2D eigenvalue weighted by Crippen LogP contribution is 2.27. The highest BCUT2D eigenvalue weighted by Gasteiger charge is 2.22. The second-order valence-electron chi connectivity index (χ2n) is 7.26. The zero-order valence-corrected chi connectivity index (χ0v) is 17.8. The molecule has 6 nitrogen and oxygen atoms in total. The maximum absolute atomic E-state index is 13.1. The van der Waals surface area contributed by atoms with E-state index in [1.807, 2.05) is 77.7 Å². The van der Waals surface area contributed by atoms with Gasteiger partial charge in [0.2, 0.25) is 0 Å². The van der Waals surface area contributed by atoms with Crippen LogP contribution >= 0.6 is 11.3 Å². The van der Waals surface area contributed by atoms with Crippen molar-refractivity contribution in [1.29, 1.82) is 0 Å². The van der Waals surface area contributed by atoms with Gasteiger partial charge in [-0.15, -0.1) is 11.3 Å². The zero-order valence-electron chi connectivity index (χ0n) is 17.0. The first kappa shape index (κ1) is 20.1. The predicted molar refractivity (Wildman–Crippen MR) is 119 cm³/mol. The summed E-state index contributed by atoms with van der Waals surface area (Å²) in [6, 6.07) is 17.8. The number of benzene rings is 1. The number of likely N-dealkylation sites (N-methyl/N-ethyl adjacent to an activating group) is 1. The van der Waals surface area contributed by atoms with Crippen LogP contribution in [0.25, 0.3) is 10.6 Å². The molecule has 0 fully saturated rings. The number of carbonyl (C=O) groups is 1. The van der Waals surface area contributed by atoms with Crippen LogP contribution in [0.15, 0.2) is 76.9 Å². The lowest BCUT2D eigenvalue weighted by molar-refractivity contribution is 0.0939. The number of furan rings is 1. The Morgan fingerprint density at radius 3 is 2.67 bits per heavy atom. The molecule has 1 aromatic carbocycles. The molecule has 4 aromatic rings. The number of nitrogens with zero attached hydrogens (tertiary/aromatic N) is 3. The van der Waals surface area contributed by atoms with Crippen LogP contribution in [0.4, 0.5) is 0 Å². The van der Waals surface area contributed by atoms with Crippen molar-refractivity contribution in [3.8, 4) is 10.6 Å². The maximum Gasteiger partial charge on any atom is 0.255 e. The highest BCUT2D eigenvalue weighted by molar-refractivity contribution is 7.13. The Kier molecular flexibility index (Phi) is 6.11. The second-order valence-corrected chi connectivity index (χ2v) is 8.20. The Labute approximate surface area is 179 Å². The van der Waals surface area contributed by atoms with Crippen LogP contribution in [0, 0.1) is 0 Å². The summed E-state index contributed by atoms with van der Waals surface area (Å²) < 4.78 is 7.37. The Hall–Kier alpha value is -3.16. The molecule has 30 heavy (non-hydrogen) atoms. The van der Waals surface area contributed by atoms with Crippen molar-refractivity contribution in [2.24, 2.45) is 0 Å². The molecule has 0 saturated heterocycles. The summed E-state index contributed by atoms with van der Waals surface area (Å²) in [6.45, 7) is 1.05. The van der Waals surface area contributed by atoms with E-state index in [0.29, 0.717) is 24.3 Å². The Morgan fingerprint density at radius 2 is 2.00 bits per heavy atom. The molecule has 0 aliphatic heterocycles. The SMILES string of the molecule is CN(C)C(CNC(=O)c1cn(Cc2ccccc2)nc1-c1cccs1)c1ccco1. The van der Waals surface area contributed by atoms with E-state index in [-0.39, 0.29) is 11.9 Å². The molecular weight excluding hydrogens is 396 g/mol. The van der Waals surface area contributed by atoms with Crippen LogP contribution in [0.2, 0.25) is 0 Å². The van der Waals surface area contributed by atoms with Gasteiger partial charge in [-0.3, -0.25) is 14.4 Å². The van der Waals surface area contributed by atoms with Crippen molar-refractivity contribution in [2.75, 3.05) is 20.6 Å². The van der Waals surface area contributed by atoms with Gasteiger partial charge in [-0.25, -0.2) is 0 Å². The number of nitrogens with one attached hydrogen (secondary N) is 1. The topological polar surface area (TPSA) is 63.3 Å². The molecule has 1 unspecified atom stereocenters. The molecule has 3 heterocycles. The number of thiophene rings is 1. The average Bonchev–Trinajstić information content (AvgIpc) is 3.50. The number of rotatable bonds is 8. The van der Waals surface area contributed by atoms with Gasteiger partial charge in [0.25, 0.3) is 5.91 Å². The molecule has 0 radical (unpaired) electrons. The van der Waals surface area contributed by atoms with E-state index in [4.69, 9.17) is 9.52 Å². The van der Waals surface area contributed by atoms with Crippen LogP contribution in [-0.2, 0) is 6.54 Å². The van der Waals surface area contributed by atoms with Gasteiger partial charge < -0.3 is 9.73 Å². The number of hydrogen-bond acceptors (Lipinski definition) is 5. The first-order chi connectivity index (χ1) is 14.6. The van der Waals surface area contributed by atoms with E-state index in [1.165, 1.54) is 0 Å². The standard InChI is InChI=1S/C23H24N4O2S/c1-26(2)19(20-10-6-12-29-20)14-24-23(28)18-16-27(15-17-8-4-3-5-9-17)25-22(18)21-11-7-13-30-21/h3-13,16,19H,14-15H2,1-2H3,(H,24,28). The lowest BCUT2D eigenvalue weighted by Gasteiger charge is -2.22. The molecule has 0 saturated carbocycles. The van der Waals surface area contributed by atoms with Crippen molar-refractivity contribution in [1.82, 2.24) is 20.0 Å². The normalized spacial score (nSPS) is 12.2. The van der Waals surface area contributed by atoms with Crippen LogP contribution in [0.5, 0.6) is 0 Å². The molecule has 1 N–H and O–H groups in total. The highest BCUT2D eigenvalue weighted by atomic mass is 32.1. The number of aromatic nitrogens is 2. The molecule has 154 valence electrons. The van der Waals surface area contributed by atoms with Gasteiger partial charge in [0.15, 0.2) is 0 Å². The van der Waals surface area contributed by atoms with Crippen LogP contribution in [-0.4, -0.2) is 41.2 Å². The summed E-state index contributed by atoms with van der Waals surface area (Å²) in [5.74, 6) is 0.676. The van der Waals surface area contributed by atoms with Gasteiger partial charge in [0.05, 0.1) is 29.3 Å². The minimum Gasteiger partial charge on any atom is -0.468 e. The van der Waals surface area contributed by atoms with Crippen LogP contribution in [0.1, 0.15) is 27.7 Å². The minimum absolute atomic E-state index is 0.0477. The second kappa shape index (κ2) is 9.11.